The van der Waals surface area contributed by atoms with Gasteiger partial charge in [-0.15, -0.1) is 5.10 Å². The molecule has 0 aliphatic heterocycles. The third-order valence-corrected chi connectivity index (χ3v) is 3.31. The number of hydrogen-bond donors (Lipinski definition) is 2. The third kappa shape index (κ3) is 1.98. The molecular weight excluding hydrogens is 214 g/mol. The summed E-state index contributed by atoms with van der Waals surface area (Å²) in [5.74, 6) is 1.38. The molecule has 5 heteroatoms. The predicted molar refractivity (Wildman–Crippen MR) is 66.9 cm³/mol. The van der Waals surface area contributed by atoms with Crippen LogP contribution in [0.5, 0.6) is 0 Å². The van der Waals surface area contributed by atoms with Gasteiger partial charge in [-0.05, 0) is 37.8 Å². The lowest BCUT2D eigenvalue weighted by Gasteiger charge is -2.13. The van der Waals surface area contributed by atoms with Crippen LogP contribution in [-0.4, -0.2) is 27.2 Å². The molecule has 2 aromatic rings. The third-order valence-electron chi connectivity index (χ3n) is 3.31. The monoisotopic (exact) mass is 231 g/mol. The summed E-state index contributed by atoms with van der Waals surface area (Å²) in [6.07, 6.45) is 2.53. The Bertz CT molecular complexity index is 529. The van der Waals surface area contributed by atoms with Crippen molar-refractivity contribution in [3.63, 3.8) is 0 Å². The number of nitrogens with one attached hydrogen (secondary N) is 1. The Morgan fingerprint density at radius 3 is 3.00 bits per heavy atom. The Balaban J connectivity index is 1.87. The highest BCUT2D eigenvalue weighted by Crippen LogP contribution is 2.33. The van der Waals surface area contributed by atoms with Gasteiger partial charge >= 0.3 is 0 Å². The van der Waals surface area contributed by atoms with Crippen molar-refractivity contribution < 1.29 is 0 Å². The molecule has 0 spiro atoms. The van der Waals surface area contributed by atoms with E-state index in [0.717, 1.165) is 11.3 Å². The fraction of sp³-hybridized carbons (Fsp3) is 0.500. The standard InChI is InChI=1S/C12H17N5/c1-8-3-2-4-11-15-12(16-17(8)11)14-10(7-13)9-5-6-9/h2-4,9-10H,5-7,13H2,1H3,(H,14,16). The summed E-state index contributed by atoms with van der Waals surface area (Å²) in [6, 6.07) is 6.28. The molecule has 3 N–H and O–H groups in total. The lowest BCUT2D eigenvalue weighted by atomic mass is 10.2. The molecule has 1 aliphatic rings. The zero-order valence-corrected chi connectivity index (χ0v) is 9.93. The van der Waals surface area contributed by atoms with E-state index < -0.39 is 0 Å². The van der Waals surface area contributed by atoms with Crippen LogP contribution in [0.1, 0.15) is 18.5 Å². The lowest BCUT2D eigenvalue weighted by Crippen LogP contribution is -2.31. The van der Waals surface area contributed by atoms with E-state index >= 15 is 0 Å². The molecule has 2 heterocycles. The molecule has 1 atom stereocenters. The van der Waals surface area contributed by atoms with E-state index in [4.69, 9.17) is 5.73 Å². The van der Waals surface area contributed by atoms with Crippen LogP contribution in [0.25, 0.3) is 5.65 Å². The number of aromatic nitrogens is 3. The first-order chi connectivity index (χ1) is 8.28. The zero-order valence-electron chi connectivity index (χ0n) is 9.93. The average molecular weight is 231 g/mol. The summed E-state index contributed by atoms with van der Waals surface area (Å²) in [5, 5.41) is 7.79. The number of hydrogen-bond acceptors (Lipinski definition) is 4. The first kappa shape index (κ1) is 10.5. The van der Waals surface area contributed by atoms with Gasteiger partial charge in [0.2, 0.25) is 5.95 Å². The molecule has 1 saturated carbocycles. The number of nitrogens with zero attached hydrogens (tertiary/aromatic N) is 3. The van der Waals surface area contributed by atoms with Crippen LogP contribution in [0.15, 0.2) is 18.2 Å². The Morgan fingerprint density at radius 1 is 1.53 bits per heavy atom. The summed E-state index contributed by atoms with van der Waals surface area (Å²) >= 11 is 0. The topological polar surface area (TPSA) is 68.2 Å². The summed E-state index contributed by atoms with van der Waals surface area (Å²) in [5.41, 5.74) is 7.72. The minimum atomic E-state index is 0.313. The molecule has 0 aromatic carbocycles. The molecule has 5 nitrogen and oxygen atoms in total. The van der Waals surface area contributed by atoms with Gasteiger partial charge in [0.1, 0.15) is 0 Å². The maximum absolute atomic E-state index is 5.76. The number of anilines is 1. The first-order valence-electron chi connectivity index (χ1n) is 6.07. The van der Waals surface area contributed by atoms with E-state index in [0.29, 0.717) is 24.5 Å². The van der Waals surface area contributed by atoms with E-state index in [1.165, 1.54) is 12.8 Å². The second-order valence-electron chi connectivity index (χ2n) is 4.70. The molecule has 0 bridgehead atoms. The average Bonchev–Trinajstić information content (AvgIpc) is 3.07. The number of nitrogens with two attached hydrogens (primary N) is 1. The van der Waals surface area contributed by atoms with Crippen LogP contribution in [0.3, 0.4) is 0 Å². The van der Waals surface area contributed by atoms with Crippen molar-refractivity contribution in [2.24, 2.45) is 11.7 Å². The molecule has 2 aromatic heterocycles. The van der Waals surface area contributed by atoms with Crippen LogP contribution in [0, 0.1) is 12.8 Å². The van der Waals surface area contributed by atoms with Crippen molar-refractivity contribution in [1.29, 1.82) is 0 Å². The van der Waals surface area contributed by atoms with E-state index in [-0.39, 0.29) is 0 Å². The van der Waals surface area contributed by atoms with Crippen molar-refractivity contribution in [2.75, 3.05) is 11.9 Å². The van der Waals surface area contributed by atoms with Gasteiger partial charge in [0.15, 0.2) is 5.65 Å². The second kappa shape index (κ2) is 4.00. The van der Waals surface area contributed by atoms with Crippen molar-refractivity contribution in [2.45, 2.75) is 25.8 Å². The molecule has 1 unspecified atom stereocenters. The Kier molecular flexibility index (Phi) is 2.48. The number of pyridine rings is 1. The number of rotatable bonds is 4. The van der Waals surface area contributed by atoms with Gasteiger partial charge in [-0.1, -0.05) is 6.07 Å². The predicted octanol–water partition coefficient (Wildman–Crippen LogP) is 1.19. The maximum Gasteiger partial charge on any atom is 0.243 e. The number of fused-ring (bicyclic) bond motifs is 1. The van der Waals surface area contributed by atoms with E-state index in [9.17, 15) is 0 Å². The number of aryl methyl sites for hydroxylation is 1. The summed E-state index contributed by atoms with van der Waals surface area (Å²) in [7, 11) is 0. The first-order valence-corrected chi connectivity index (χ1v) is 6.07. The summed E-state index contributed by atoms with van der Waals surface area (Å²) < 4.78 is 1.85. The smallest absolute Gasteiger partial charge is 0.243 e. The van der Waals surface area contributed by atoms with Gasteiger partial charge in [0.25, 0.3) is 0 Å². The highest BCUT2D eigenvalue weighted by Gasteiger charge is 2.30. The molecule has 3 rings (SSSR count). The molecule has 0 amide bonds. The van der Waals surface area contributed by atoms with Gasteiger partial charge in [0, 0.05) is 18.3 Å². The Labute approximate surface area is 100 Å². The van der Waals surface area contributed by atoms with Gasteiger partial charge in [0.05, 0.1) is 0 Å². The molecule has 0 saturated heterocycles. The van der Waals surface area contributed by atoms with Gasteiger partial charge < -0.3 is 11.1 Å². The van der Waals surface area contributed by atoms with Gasteiger partial charge in [-0.25, -0.2) is 4.52 Å². The van der Waals surface area contributed by atoms with Gasteiger partial charge in [-0.2, -0.15) is 4.98 Å². The van der Waals surface area contributed by atoms with E-state index in [2.05, 4.69) is 15.4 Å². The van der Waals surface area contributed by atoms with Crippen LogP contribution in [0.4, 0.5) is 5.95 Å². The molecule has 1 fully saturated rings. The molecular formula is C12H17N5. The molecule has 17 heavy (non-hydrogen) atoms. The van der Waals surface area contributed by atoms with Crippen molar-refractivity contribution in [3.8, 4) is 0 Å². The quantitative estimate of drug-likeness (QED) is 0.829. The molecule has 0 radical (unpaired) electrons. The van der Waals surface area contributed by atoms with Crippen molar-refractivity contribution in [1.82, 2.24) is 14.6 Å². The van der Waals surface area contributed by atoms with E-state index in [1.54, 1.807) is 0 Å². The van der Waals surface area contributed by atoms with Gasteiger partial charge in [-0.3, -0.25) is 0 Å². The second-order valence-corrected chi connectivity index (χ2v) is 4.70. The van der Waals surface area contributed by atoms with E-state index in [1.807, 2.05) is 29.6 Å². The molecule has 90 valence electrons. The largest absolute Gasteiger partial charge is 0.349 e. The molecule has 1 aliphatic carbocycles. The van der Waals surface area contributed by atoms with Crippen LogP contribution >= 0.6 is 0 Å². The highest BCUT2D eigenvalue weighted by molar-refractivity contribution is 5.44. The van der Waals surface area contributed by atoms with Crippen LogP contribution < -0.4 is 11.1 Å². The normalized spacial score (nSPS) is 17.3. The Hall–Kier alpha value is -1.62. The SMILES string of the molecule is Cc1cccc2nc(NC(CN)C3CC3)nn12. The maximum atomic E-state index is 5.76. The lowest BCUT2D eigenvalue weighted by molar-refractivity contribution is 0.638. The highest BCUT2D eigenvalue weighted by atomic mass is 15.4. The zero-order chi connectivity index (χ0) is 11.8. The Morgan fingerprint density at radius 2 is 2.35 bits per heavy atom. The van der Waals surface area contributed by atoms with Crippen molar-refractivity contribution in [3.05, 3.63) is 23.9 Å². The summed E-state index contributed by atoms with van der Waals surface area (Å²) in [6.45, 7) is 2.66. The minimum Gasteiger partial charge on any atom is -0.349 e. The summed E-state index contributed by atoms with van der Waals surface area (Å²) in [4.78, 5) is 4.46. The van der Waals surface area contributed by atoms with Crippen LogP contribution in [0.2, 0.25) is 0 Å². The minimum absolute atomic E-state index is 0.313. The van der Waals surface area contributed by atoms with Crippen LogP contribution in [-0.2, 0) is 0 Å². The van der Waals surface area contributed by atoms with Crippen molar-refractivity contribution >= 4 is 11.6 Å². The fourth-order valence-electron chi connectivity index (χ4n) is 2.13. The fourth-order valence-corrected chi connectivity index (χ4v) is 2.13.